The Morgan fingerprint density at radius 1 is 1.33 bits per heavy atom. The minimum Gasteiger partial charge on any atom is -0.290 e. The van der Waals surface area contributed by atoms with Crippen LogP contribution in [0.15, 0.2) is 17.1 Å². The molecule has 0 bridgehead atoms. The van der Waals surface area contributed by atoms with E-state index >= 15 is 0 Å². The number of aliphatic imine (C=N–C) groups is 1. The lowest BCUT2D eigenvalue weighted by atomic mass is 10.6. The van der Waals surface area contributed by atoms with Crippen LogP contribution in [0, 0.1) is 5.41 Å². The predicted octanol–water partition coefficient (Wildman–Crippen LogP) is 2.27. The maximum Gasteiger partial charge on any atom is 0.106 e. The topological polar surface area (TPSA) is 36.2 Å². The Balaban J connectivity index is 0. The monoisotopic (exact) mass is 126 g/mol. The van der Waals surface area contributed by atoms with E-state index in [1.807, 2.05) is 26.8 Å². The van der Waals surface area contributed by atoms with Crippen LogP contribution in [0.5, 0.6) is 0 Å². The van der Waals surface area contributed by atoms with Crippen molar-refractivity contribution in [2.45, 2.75) is 20.8 Å². The van der Waals surface area contributed by atoms with Gasteiger partial charge in [0.2, 0.25) is 0 Å². The van der Waals surface area contributed by atoms with Crippen LogP contribution in [0.25, 0.3) is 0 Å². The number of hydrogen-bond acceptors (Lipinski definition) is 1. The van der Waals surface area contributed by atoms with Crippen molar-refractivity contribution < 1.29 is 0 Å². The van der Waals surface area contributed by atoms with Crippen LogP contribution in [-0.2, 0) is 0 Å². The first-order valence-corrected chi connectivity index (χ1v) is 3.05. The lowest BCUT2D eigenvalue weighted by molar-refractivity contribution is 1.50. The highest BCUT2D eigenvalue weighted by atomic mass is 14.7. The van der Waals surface area contributed by atoms with Gasteiger partial charge in [-0.15, -0.1) is 0 Å². The van der Waals surface area contributed by atoms with Crippen LogP contribution < -0.4 is 0 Å². The molecule has 0 unspecified atom stereocenters. The van der Waals surface area contributed by atoms with Gasteiger partial charge in [0, 0.05) is 6.21 Å². The number of nitrogens with zero attached hydrogens (tertiary/aromatic N) is 1. The number of nitrogens with one attached hydrogen (secondary N) is 1. The molecule has 0 aromatic carbocycles. The zero-order valence-corrected chi connectivity index (χ0v) is 6.26. The smallest absolute Gasteiger partial charge is 0.106 e. The second kappa shape index (κ2) is 15.7. The van der Waals surface area contributed by atoms with Gasteiger partial charge in [0.05, 0.1) is 0 Å². The molecular weight excluding hydrogens is 112 g/mol. The van der Waals surface area contributed by atoms with E-state index in [0.717, 1.165) is 6.34 Å². The number of hydrogen-bond donors (Lipinski definition) is 1. The summed E-state index contributed by atoms with van der Waals surface area (Å²) in [4.78, 5) is 3.49. The van der Waals surface area contributed by atoms with Gasteiger partial charge in [0.15, 0.2) is 0 Å². The lowest BCUT2D eigenvalue weighted by Gasteiger charge is -1.65. The van der Waals surface area contributed by atoms with Crippen molar-refractivity contribution in [1.82, 2.24) is 0 Å². The van der Waals surface area contributed by atoms with Crippen molar-refractivity contribution in [3.63, 3.8) is 0 Å². The van der Waals surface area contributed by atoms with E-state index in [0.29, 0.717) is 0 Å². The first-order chi connectivity index (χ1) is 4.41. The number of rotatable bonds is 2. The molecule has 2 nitrogen and oxygen atoms in total. The molecule has 2 heteroatoms. The van der Waals surface area contributed by atoms with Crippen molar-refractivity contribution in [3.8, 4) is 0 Å². The average molecular weight is 126 g/mol. The molecule has 0 amide bonds. The van der Waals surface area contributed by atoms with Crippen LogP contribution in [0.4, 0.5) is 0 Å². The lowest BCUT2D eigenvalue weighted by Crippen LogP contribution is -1.61. The van der Waals surface area contributed by atoms with Crippen LogP contribution in [0.3, 0.4) is 0 Å². The van der Waals surface area contributed by atoms with Gasteiger partial charge < -0.3 is 0 Å². The molecule has 0 aliphatic heterocycles. The molecule has 0 aliphatic carbocycles. The summed E-state index contributed by atoms with van der Waals surface area (Å²) in [5, 5.41) is 6.42. The average Bonchev–Trinajstić information content (AvgIpc) is 1.94. The maximum atomic E-state index is 6.42. The summed E-state index contributed by atoms with van der Waals surface area (Å²) < 4.78 is 0. The van der Waals surface area contributed by atoms with Crippen LogP contribution in [0.1, 0.15) is 20.8 Å². The quantitative estimate of drug-likeness (QED) is 0.435. The molecular formula is C7H14N2. The first kappa shape index (κ1) is 11.0. The SMILES string of the molecule is C/C=C\C=NC=N.CC. The Labute approximate surface area is 56.8 Å². The van der Waals surface area contributed by atoms with Crippen molar-refractivity contribution in [1.29, 1.82) is 5.41 Å². The molecule has 9 heavy (non-hydrogen) atoms. The van der Waals surface area contributed by atoms with Gasteiger partial charge in [-0.2, -0.15) is 0 Å². The highest BCUT2D eigenvalue weighted by molar-refractivity contribution is 5.78. The zero-order valence-electron chi connectivity index (χ0n) is 6.26. The van der Waals surface area contributed by atoms with Gasteiger partial charge in [0.25, 0.3) is 0 Å². The van der Waals surface area contributed by atoms with Gasteiger partial charge in [-0.1, -0.05) is 19.9 Å². The summed E-state index contributed by atoms with van der Waals surface area (Å²) in [5.41, 5.74) is 0. The van der Waals surface area contributed by atoms with Crippen LogP contribution in [-0.4, -0.2) is 12.6 Å². The minimum atomic E-state index is 1.00. The van der Waals surface area contributed by atoms with Crippen molar-refractivity contribution in [3.05, 3.63) is 12.2 Å². The summed E-state index contributed by atoms with van der Waals surface area (Å²) in [7, 11) is 0. The van der Waals surface area contributed by atoms with E-state index < -0.39 is 0 Å². The normalized spacial score (nSPS) is 9.22. The molecule has 0 saturated heterocycles. The van der Waals surface area contributed by atoms with Crippen molar-refractivity contribution in [2.24, 2.45) is 4.99 Å². The van der Waals surface area contributed by atoms with E-state index in [-0.39, 0.29) is 0 Å². The van der Waals surface area contributed by atoms with E-state index in [4.69, 9.17) is 5.41 Å². The fourth-order valence-electron chi connectivity index (χ4n) is 0.179. The Morgan fingerprint density at radius 2 is 1.89 bits per heavy atom. The first-order valence-electron chi connectivity index (χ1n) is 3.05. The van der Waals surface area contributed by atoms with Crippen LogP contribution >= 0.6 is 0 Å². The molecule has 0 aliphatic rings. The van der Waals surface area contributed by atoms with Crippen molar-refractivity contribution in [2.75, 3.05) is 0 Å². The molecule has 0 atom stereocenters. The largest absolute Gasteiger partial charge is 0.290 e. The summed E-state index contributed by atoms with van der Waals surface area (Å²) in [5.74, 6) is 0. The van der Waals surface area contributed by atoms with Crippen molar-refractivity contribution >= 4 is 12.6 Å². The third kappa shape index (κ3) is 19.3. The second-order valence-electron chi connectivity index (χ2n) is 0.953. The molecule has 1 N–H and O–H groups in total. The molecule has 0 aromatic rings. The minimum absolute atomic E-state index is 1.00. The van der Waals surface area contributed by atoms with E-state index in [1.54, 1.807) is 12.3 Å². The molecule has 0 rings (SSSR count). The van der Waals surface area contributed by atoms with Gasteiger partial charge in [0.1, 0.15) is 6.34 Å². The van der Waals surface area contributed by atoms with Gasteiger partial charge in [-0.05, 0) is 13.0 Å². The molecule has 0 fully saturated rings. The molecule has 0 heterocycles. The maximum absolute atomic E-state index is 6.42. The molecule has 0 spiro atoms. The predicted molar refractivity (Wildman–Crippen MR) is 43.4 cm³/mol. The highest BCUT2D eigenvalue weighted by Gasteiger charge is 1.53. The standard InChI is InChI=1S/C5H8N2.C2H6/c1-2-3-4-7-5-6;1-2/h2-6H,1H3;1-2H3/b3-2-,6-5?,7-4?;. The van der Waals surface area contributed by atoms with E-state index in [1.165, 1.54) is 0 Å². The number of allylic oxidation sites excluding steroid dienone is 2. The van der Waals surface area contributed by atoms with Gasteiger partial charge >= 0.3 is 0 Å². The fourth-order valence-corrected chi connectivity index (χ4v) is 0.179. The third-order valence-electron chi connectivity index (χ3n) is 0.439. The Hall–Kier alpha value is -0.920. The molecule has 52 valence electrons. The van der Waals surface area contributed by atoms with Crippen LogP contribution in [0.2, 0.25) is 0 Å². The summed E-state index contributed by atoms with van der Waals surface area (Å²) in [6, 6.07) is 0. The van der Waals surface area contributed by atoms with E-state index in [9.17, 15) is 0 Å². The van der Waals surface area contributed by atoms with Gasteiger partial charge in [-0.25, -0.2) is 4.99 Å². The molecule has 0 saturated carbocycles. The zero-order chi connectivity index (χ0) is 7.54. The highest BCUT2D eigenvalue weighted by Crippen LogP contribution is 1.61. The third-order valence-corrected chi connectivity index (χ3v) is 0.439. The summed E-state index contributed by atoms with van der Waals surface area (Å²) in [6.45, 7) is 5.90. The molecule has 0 radical (unpaired) electrons. The second-order valence-corrected chi connectivity index (χ2v) is 0.953. The van der Waals surface area contributed by atoms with Gasteiger partial charge in [-0.3, -0.25) is 5.41 Å². The molecule has 0 aromatic heterocycles. The van der Waals surface area contributed by atoms with E-state index in [2.05, 4.69) is 4.99 Å². The summed E-state index contributed by atoms with van der Waals surface area (Å²) in [6.07, 6.45) is 6.19. The Bertz CT molecular complexity index is 93.1. The Morgan fingerprint density at radius 3 is 2.22 bits per heavy atom. The fraction of sp³-hybridized carbons (Fsp3) is 0.429. The Kier molecular flexibility index (Phi) is 19.1. The summed E-state index contributed by atoms with van der Waals surface area (Å²) >= 11 is 0.